The maximum atomic E-state index is 13.2. The second-order valence-electron chi connectivity index (χ2n) is 7.93. The lowest BCUT2D eigenvalue weighted by atomic mass is 9.93. The minimum absolute atomic E-state index is 0.00267. The number of benzene rings is 2. The molecule has 0 saturated heterocycles. The van der Waals surface area contributed by atoms with Gasteiger partial charge in [0, 0.05) is 37.8 Å². The molecule has 0 aliphatic carbocycles. The van der Waals surface area contributed by atoms with Crippen LogP contribution in [0.2, 0.25) is 0 Å². The monoisotopic (exact) mass is 448 g/mol. The van der Waals surface area contributed by atoms with Crippen LogP contribution in [-0.2, 0) is 27.2 Å². The van der Waals surface area contributed by atoms with Gasteiger partial charge in [0.1, 0.15) is 6.23 Å². The zero-order valence-corrected chi connectivity index (χ0v) is 19.0. The van der Waals surface area contributed by atoms with Crippen LogP contribution in [0.3, 0.4) is 0 Å². The summed E-state index contributed by atoms with van der Waals surface area (Å²) in [7, 11) is 1.58. The van der Waals surface area contributed by atoms with E-state index in [1.54, 1.807) is 18.4 Å². The lowest BCUT2D eigenvalue weighted by molar-refractivity contribution is -0.136. The van der Waals surface area contributed by atoms with Gasteiger partial charge in [-0.05, 0) is 34.6 Å². The van der Waals surface area contributed by atoms with Crippen molar-refractivity contribution in [3.05, 3.63) is 93.7 Å². The van der Waals surface area contributed by atoms with Crippen molar-refractivity contribution >= 4 is 23.2 Å². The molecular formula is C26H28N2O3S. The van der Waals surface area contributed by atoms with Crippen molar-refractivity contribution in [3.8, 4) is 0 Å². The van der Waals surface area contributed by atoms with Crippen molar-refractivity contribution in [1.82, 2.24) is 10.2 Å². The minimum Gasteiger partial charge on any atom is -0.361 e. The Labute approximate surface area is 193 Å². The molecule has 2 aromatic carbocycles. The predicted molar refractivity (Wildman–Crippen MR) is 126 cm³/mol. The Kier molecular flexibility index (Phi) is 7.35. The average Bonchev–Trinajstić information content (AvgIpc) is 3.31. The molecule has 4 rings (SSSR count). The molecule has 0 spiro atoms. The molecule has 166 valence electrons. The van der Waals surface area contributed by atoms with Crippen LogP contribution < -0.4 is 5.32 Å². The van der Waals surface area contributed by atoms with Gasteiger partial charge in [0.05, 0.1) is 6.04 Å². The van der Waals surface area contributed by atoms with E-state index in [2.05, 4.69) is 28.9 Å². The van der Waals surface area contributed by atoms with Crippen molar-refractivity contribution in [1.29, 1.82) is 0 Å². The number of nitrogens with one attached hydrogen (secondary N) is 1. The number of nitrogens with zero attached hydrogens (tertiary/aromatic N) is 1. The first kappa shape index (κ1) is 22.2. The number of methoxy groups -OCH3 is 1. The highest BCUT2D eigenvalue weighted by Gasteiger charge is 2.32. The molecule has 5 nitrogen and oxygen atoms in total. The number of fused-ring (bicyclic) bond motifs is 1. The van der Waals surface area contributed by atoms with Gasteiger partial charge in [0.25, 0.3) is 0 Å². The molecule has 0 saturated carbocycles. The molecule has 0 fully saturated rings. The molecule has 6 heteroatoms. The zero-order valence-electron chi connectivity index (χ0n) is 18.2. The minimum atomic E-state index is -0.416. The summed E-state index contributed by atoms with van der Waals surface area (Å²) in [6.07, 6.45) is 1.34. The number of amides is 2. The van der Waals surface area contributed by atoms with Crippen LogP contribution in [0, 0.1) is 0 Å². The number of carbonyl (C=O) groups excluding carboxylic acids is 2. The standard InChI is InChI=1S/C26H28N2O3S/c1-31-24(18-19-8-4-2-5-9-19)27-23(29)12-13-25(30)28-16-14-22-21(15-17-32-22)26(28)20-10-6-3-7-11-20/h2-11,15,17,24,26H,12-14,16,18H2,1H3,(H,27,29). The Morgan fingerprint density at radius 3 is 2.50 bits per heavy atom. The normalized spacial score (nSPS) is 16.3. The van der Waals surface area contributed by atoms with E-state index in [9.17, 15) is 9.59 Å². The summed E-state index contributed by atoms with van der Waals surface area (Å²) in [5, 5.41) is 4.99. The van der Waals surface area contributed by atoms with Gasteiger partial charge in [0.15, 0.2) is 0 Å². The van der Waals surface area contributed by atoms with E-state index in [1.165, 1.54) is 10.4 Å². The summed E-state index contributed by atoms with van der Waals surface area (Å²) in [5.41, 5.74) is 3.39. The zero-order chi connectivity index (χ0) is 22.3. The van der Waals surface area contributed by atoms with E-state index in [0.29, 0.717) is 13.0 Å². The topological polar surface area (TPSA) is 58.6 Å². The molecular weight excluding hydrogens is 420 g/mol. The SMILES string of the molecule is COC(Cc1ccccc1)NC(=O)CCC(=O)N1CCc2sccc2C1c1ccccc1. The van der Waals surface area contributed by atoms with Gasteiger partial charge in [-0.3, -0.25) is 9.59 Å². The maximum absolute atomic E-state index is 13.2. The van der Waals surface area contributed by atoms with Gasteiger partial charge in [-0.2, -0.15) is 0 Å². The van der Waals surface area contributed by atoms with E-state index in [1.807, 2.05) is 53.4 Å². The van der Waals surface area contributed by atoms with Crippen LogP contribution in [0.1, 0.15) is 40.5 Å². The van der Waals surface area contributed by atoms with Crippen LogP contribution in [-0.4, -0.2) is 36.6 Å². The lowest BCUT2D eigenvalue weighted by Gasteiger charge is -2.36. The fraction of sp³-hybridized carbons (Fsp3) is 0.308. The van der Waals surface area contributed by atoms with Gasteiger partial charge in [-0.25, -0.2) is 0 Å². The third-order valence-corrected chi connectivity index (χ3v) is 6.83. The smallest absolute Gasteiger partial charge is 0.223 e. The Bertz CT molecular complexity index is 1040. The molecule has 3 aromatic rings. The van der Waals surface area contributed by atoms with Crippen LogP contribution in [0.15, 0.2) is 72.1 Å². The van der Waals surface area contributed by atoms with Crippen molar-refractivity contribution in [3.63, 3.8) is 0 Å². The van der Waals surface area contributed by atoms with Crippen molar-refractivity contribution in [2.24, 2.45) is 0 Å². The second-order valence-corrected chi connectivity index (χ2v) is 8.93. The molecule has 0 radical (unpaired) electrons. The quantitative estimate of drug-likeness (QED) is 0.522. The molecule has 0 bridgehead atoms. The van der Waals surface area contributed by atoms with Crippen molar-refractivity contribution in [2.45, 2.75) is 38.0 Å². The van der Waals surface area contributed by atoms with E-state index in [-0.39, 0.29) is 30.7 Å². The van der Waals surface area contributed by atoms with Gasteiger partial charge in [-0.1, -0.05) is 60.7 Å². The summed E-state index contributed by atoms with van der Waals surface area (Å²) in [5.74, 6) is -0.173. The van der Waals surface area contributed by atoms with E-state index in [0.717, 1.165) is 17.5 Å². The predicted octanol–water partition coefficient (Wildman–Crippen LogP) is 4.33. The van der Waals surface area contributed by atoms with Crippen LogP contribution in [0.5, 0.6) is 0 Å². The molecule has 2 heterocycles. The molecule has 2 atom stereocenters. The van der Waals surface area contributed by atoms with Crippen molar-refractivity contribution in [2.75, 3.05) is 13.7 Å². The molecule has 1 aromatic heterocycles. The number of thiophene rings is 1. The van der Waals surface area contributed by atoms with Crippen LogP contribution >= 0.6 is 11.3 Å². The first-order chi connectivity index (χ1) is 15.7. The summed E-state index contributed by atoms with van der Waals surface area (Å²) in [6, 6.07) is 22.0. The number of hydrogen-bond acceptors (Lipinski definition) is 4. The van der Waals surface area contributed by atoms with Gasteiger partial charge < -0.3 is 15.0 Å². The molecule has 32 heavy (non-hydrogen) atoms. The average molecular weight is 449 g/mol. The number of ether oxygens (including phenoxy) is 1. The Morgan fingerprint density at radius 2 is 1.78 bits per heavy atom. The van der Waals surface area contributed by atoms with Crippen LogP contribution in [0.4, 0.5) is 0 Å². The third-order valence-electron chi connectivity index (χ3n) is 5.84. The Morgan fingerprint density at radius 1 is 1.06 bits per heavy atom. The third kappa shape index (κ3) is 5.26. The number of carbonyl (C=O) groups is 2. The fourth-order valence-corrected chi connectivity index (χ4v) is 5.12. The van der Waals surface area contributed by atoms with Gasteiger partial charge in [0.2, 0.25) is 11.8 Å². The highest BCUT2D eigenvalue weighted by Crippen LogP contribution is 2.38. The summed E-state index contributed by atoms with van der Waals surface area (Å²) >= 11 is 1.75. The summed E-state index contributed by atoms with van der Waals surface area (Å²) in [4.78, 5) is 29.0. The van der Waals surface area contributed by atoms with Crippen molar-refractivity contribution < 1.29 is 14.3 Å². The Balaban J connectivity index is 1.38. The molecule has 2 unspecified atom stereocenters. The number of hydrogen-bond donors (Lipinski definition) is 1. The highest BCUT2D eigenvalue weighted by atomic mass is 32.1. The van der Waals surface area contributed by atoms with E-state index >= 15 is 0 Å². The fourth-order valence-electron chi connectivity index (χ4n) is 4.22. The highest BCUT2D eigenvalue weighted by molar-refractivity contribution is 7.10. The van der Waals surface area contributed by atoms with Gasteiger partial charge in [-0.15, -0.1) is 11.3 Å². The Hall–Kier alpha value is -2.96. The van der Waals surface area contributed by atoms with Crippen LogP contribution in [0.25, 0.3) is 0 Å². The molecule has 2 amide bonds. The van der Waals surface area contributed by atoms with E-state index < -0.39 is 6.23 Å². The van der Waals surface area contributed by atoms with Gasteiger partial charge >= 0.3 is 0 Å². The number of rotatable bonds is 8. The van der Waals surface area contributed by atoms with E-state index in [4.69, 9.17) is 4.74 Å². The molecule has 1 aliphatic heterocycles. The summed E-state index contributed by atoms with van der Waals surface area (Å²) in [6.45, 7) is 0.669. The lowest BCUT2D eigenvalue weighted by Crippen LogP contribution is -2.41. The molecule has 1 N–H and O–H groups in total. The summed E-state index contributed by atoms with van der Waals surface area (Å²) < 4.78 is 5.43. The maximum Gasteiger partial charge on any atom is 0.223 e. The first-order valence-corrected chi connectivity index (χ1v) is 11.8. The molecule has 1 aliphatic rings. The largest absolute Gasteiger partial charge is 0.361 e. The second kappa shape index (κ2) is 10.6. The first-order valence-electron chi connectivity index (χ1n) is 10.9.